The Hall–Kier alpha value is -4.15. The second-order valence-corrected chi connectivity index (χ2v) is 19.6. The molecule has 10 nitrogen and oxygen atoms in total. The summed E-state index contributed by atoms with van der Waals surface area (Å²) >= 11 is 0. The number of ketones is 2. The number of carbonyl (C=O) groups excluding carboxylic acids is 3. The Kier molecular flexibility index (Phi) is 7.16. The highest BCUT2D eigenvalue weighted by molar-refractivity contribution is 5.82. The molecule has 13 atom stereocenters. The highest BCUT2D eigenvalue weighted by Gasteiger charge is 2.80. The number of likely N-dealkylation sites (tertiary alicyclic amines) is 2. The summed E-state index contributed by atoms with van der Waals surface area (Å²) in [4.78, 5) is 38.2. The molecular weight excluding hydrogens is 709 g/mol. The lowest BCUT2D eigenvalue weighted by Gasteiger charge is -2.71. The summed E-state index contributed by atoms with van der Waals surface area (Å²) in [5.74, 6) is 1.35. The molecule has 2 saturated heterocycles. The Labute approximate surface area is 328 Å². The van der Waals surface area contributed by atoms with Gasteiger partial charge in [0.2, 0.25) is 0 Å². The summed E-state index contributed by atoms with van der Waals surface area (Å²) in [7, 11) is 4.53. The number of quaternary nitrogens is 1. The number of hydrogen-bond acceptors (Lipinski definition) is 9. The molecule has 10 heteroatoms. The summed E-state index contributed by atoms with van der Waals surface area (Å²) in [6.07, 6.45) is 15.2. The van der Waals surface area contributed by atoms with Crippen LogP contribution in [0.4, 0.5) is 0 Å². The third-order valence-electron chi connectivity index (χ3n) is 17.5. The van der Waals surface area contributed by atoms with E-state index >= 15 is 0 Å². The van der Waals surface area contributed by atoms with Crippen molar-refractivity contribution in [2.45, 2.75) is 108 Å². The number of rotatable bonds is 2. The number of hydrogen-bond donors (Lipinski definition) is 3. The molecule has 0 radical (unpaired) electrons. The first-order chi connectivity index (χ1) is 26.4. The molecule has 2 aromatic rings. The molecule has 14 rings (SSSR count). The number of carboxylic acids is 1. The second kappa shape index (κ2) is 11.1. The van der Waals surface area contributed by atoms with Crippen LogP contribution in [0.25, 0.3) is 0 Å². The van der Waals surface area contributed by atoms with Gasteiger partial charge in [0.15, 0.2) is 23.0 Å². The van der Waals surface area contributed by atoms with E-state index in [9.17, 15) is 19.8 Å². The molecule has 56 heavy (non-hydrogen) atoms. The number of nitrogens with one attached hydrogen (secondary N) is 1. The molecule has 1 unspecified atom stereocenters. The summed E-state index contributed by atoms with van der Waals surface area (Å²) in [5, 5.41) is 30.1. The van der Waals surface area contributed by atoms with Crippen LogP contribution in [-0.4, -0.2) is 84.1 Å². The lowest BCUT2D eigenvalue weighted by Crippen LogP contribution is -3.18. The standard InChI is InChI=1S/2C22H25NO3.C2H4O2/c2*1-12(24)14-11-21-7-6-20(14,2)19-22(21)8-9-23(3)16(21)10-13-4-5-15(25)18(26-19)17(13)22;1-2(3)4/h2*4-7,14,16,19,25H,8-11H2,1-3H3;1H3,(H,3,4)/t2*14-,16-,19+,20+,21-,22+;/m11./s1. The first kappa shape index (κ1) is 36.2. The quantitative estimate of drug-likeness (QED) is 0.394. The van der Waals surface area contributed by atoms with Gasteiger partial charge < -0.3 is 39.4 Å². The molecular formula is C46H54N2O8. The van der Waals surface area contributed by atoms with Crippen LogP contribution in [0.1, 0.15) is 82.6 Å². The van der Waals surface area contributed by atoms with Crippen LogP contribution < -0.4 is 19.5 Å². The van der Waals surface area contributed by atoms with Gasteiger partial charge in [-0.15, -0.1) is 0 Å². The van der Waals surface area contributed by atoms with Gasteiger partial charge in [-0.2, -0.15) is 0 Å². The van der Waals surface area contributed by atoms with Crippen molar-refractivity contribution < 1.29 is 44.1 Å². The smallest absolute Gasteiger partial charge is 0.165 e. The van der Waals surface area contributed by atoms with E-state index in [-0.39, 0.29) is 79.6 Å². The number of nitrogens with zero attached hydrogens (tertiary/aromatic N) is 1. The summed E-state index contributed by atoms with van der Waals surface area (Å²) in [5.41, 5.74) is 4.26. The van der Waals surface area contributed by atoms with Gasteiger partial charge in [-0.1, -0.05) is 50.3 Å². The van der Waals surface area contributed by atoms with E-state index < -0.39 is 5.97 Å². The van der Waals surface area contributed by atoms with Crippen molar-refractivity contribution in [1.29, 1.82) is 0 Å². The number of fused-ring (bicyclic) bond motifs is 2. The van der Waals surface area contributed by atoms with Crippen LogP contribution in [0.5, 0.6) is 23.0 Å². The van der Waals surface area contributed by atoms with Gasteiger partial charge in [-0.05, 0) is 83.3 Å². The molecule has 8 aliphatic carbocycles. The molecule has 8 bridgehead atoms. The molecule has 4 fully saturated rings. The van der Waals surface area contributed by atoms with Crippen molar-refractivity contribution in [3.63, 3.8) is 0 Å². The number of likely N-dealkylation sites (N-methyl/N-ethyl adjacent to an activating group) is 2. The number of Topliss-reactive ketones (excluding diaryl/α,β-unsaturated/α-hetero) is 2. The van der Waals surface area contributed by atoms with Crippen molar-refractivity contribution in [2.75, 3.05) is 27.2 Å². The molecule has 0 amide bonds. The minimum Gasteiger partial charge on any atom is -0.550 e. The maximum Gasteiger partial charge on any atom is 0.165 e. The Bertz CT molecular complexity index is 2060. The molecule has 4 aliphatic heterocycles. The van der Waals surface area contributed by atoms with Crippen molar-refractivity contribution >= 4 is 17.5 Å². The van der Waals surface area contributed by atoms with Crippen molar-refractivity contribution in [3.8, 4) is 23.0 Å². The van der Waals surface area contributed by atoms with E-state index in [4.69, 9.17) is 19.4 Å². The van der Waals surface area contributed by atoms with Gasteiger partial charge in [0.25, 0.3) is 0 Å². The van der Waals surface area contributed by atoms with Gasteiger partial charge >= 0.3 is 0 Å². The number of ether oxygens (including phenoxy) is 2. The Morgan fingerprint density at radius 1 is 0.768 bits per heavy atom. The van der Waals surface area contributed by atoms with Gasteiger partial charge in [0.1, 0.15) is 29.8 Å². The predicted molar refractivity (Wildman–Crippen MR) is 205 cm³/mol. The van der Waals surface area contributed by atoms with Crippen LogP contribution in [0.2, 0.25) is 0 Å². The molecule has 4 heterocycles. The minimum atomic E-state index is -1.08. The second-order valence-electron chi connectivity index (χ2n) is 19.6. The Balaban J connectivity index is 0.000000126. The normalized spacial score (nSPS) is 44.9. The first-order valence-electron chi connectivity index (χ1n) is 20.6. The maximum absolute atomic E-state index is 12.6. The molecule has 2 aromatic carbocycles. The number of benzene rings is 2. The largest absolute Gasteiger partial charge is 0.550 e. The Morgan fingerprint density at radius 2 is 1.25 bits per heavy atom. The summed E-state index contributed by atoms with van der Waals surface area (Å²) < 4.78 is 13.2. The van der Waals surface area contributed by atoms with Gasteiger partial charge in [-0.3, -0.25) is 9.59 Å². The number of phenols is 2. The third kappa shape index (κ3) is 3.85. The molecule has 296 valence electrons. The van der Waals surface area contributed by atoms with E-state index in [1.165, 1.54) is 22.3 Å². The van der Waals surface area contributed by atoms with Gasteiger partial charge in [0.05, 0.1) is 24.4 Å². The fourth-order valence-corrected chi connectivity index (χ4v) is 15.4. The van der Waals surface area contributed by atoms with Crippen molar-refractivity contribution in [3.05, 3.63) is 70.8 Å². The SMILES string of the molecule is CC(=O)[C@H]1C[C@@]23C=C[C@]1(C)[C@@H]1Oc4c(O)ccc5c4[C@@]12CCN(C)[C@@H]3C5.CC(=O)[C@H]1C[C@@]23C=C[C@]1(C)[C@@H]1Oc4c(O)ccc5c4[C@@]12CC[NH+](C)[C@@H]3C5.CC(=O)[O-]. The minimum absolute atomic E-state index is 0.00275. The third-order valence-corrected chi connectivity index (χ3v) is 17.5. The zero-order valence-corrected chi connectivity index (χ0v) is 33.5. The highest BCUT2D eigenvalue weighted by atomic mass is 16.5. The molecule has 2 saturated carbocycles. The number of carboxylic acid groups (broad SMARTS) is 1. The molecule has 0 aromatic heterocycles. The number of aliphatic carboxylic acids is 1. The lowest BCUT2D eigenvalue weighted by molar-refractivity contribution is -0.923. The maximum atomic E-state index is 12.6. The number of phenolic OH excluding ortho intramolecular Hbond substituents is 2. The fourth-order valence-electron chi connectivity index (χ4n) is 15.4. The number of aromatic hydroxyl groups is 2. The van der Waals surface area contributed by atoms with E-state index in [0.717, 1.165) is 58.5 Å². The van der Waals surface area contributed by atoms with Crippen LogP contribution in [0.3, 0.4) is 0 Å². The van der Waals surface area contributed by atoms with E-state index in [0.29, 0.717) is 23.6 Å². The highest BCUT2D eigenvalue weighted by Crippen LogP contribution is 2.77. The van der Waals surface area contributed by atoms with Crippen molar-refractivity contribution in [1.82, 2.24) is 4.90 Å². The predicted octanol–water partition coefficient (Wildman–Crippen LogP) is 2.98. The van der Waals surface area contributed by atoms with Gasteiger partial charge in [0, 0.05) is 69.5 Å². The average Bonchev–Trinajstić information content (AvgIpc) is 3.71. The first-order valence-corrected chi connectivity index (χ1v) is 20.6. The van der Waals surface area contributed by atoms with Crippen LogP contribution in [0.15, 0.2) is 48.6 Å². The summed E-state index contributed by atoms with van der Waals surface area (Å²) in [6.45, 7) is 11.0. The van der Waals surface area contributed by atoms with Crippen LogP contribution in [0, 0.1) is 33.5 Å². The lowest BCUT2D eigenvalue weighted by atomic mass is 9.35. The Morgan fingerprint density at radius 3 is 1.79 bits per heavy atom. The monoisotopic (exact) mass is 762 g/mol. The van der Waals surface area contributed by atoms with Crippen LogP contribution in [-0.2, 0) is 38.1 Å². The molecule has 4 spiro atoms. The van der Waals surface area contributed by atoms with Gasteiger partial charge in [-0.25, -0.2) is 0 Å². The zero-order valence-electron chi connectivity index (χ0n) is 33.5. The van der Waals surface area contributed by atoms with E-state index in [1.807, 2.05) is 0 Å². The van der Waals surface area contributed by atoms with E-state index in [1.54, 1.807) is 30.9 Å². The topological polar surface area (TPSA) is 141 Å². The fraction of sp³-hybridized carbons (Fsp3) is 0.587. The average molecular weight is 763 g/mol. The number of piperidine rings is 2. The van der Waals surface area contributed by atoms with Crippen LogP contribution >= 0.6 is 0 Å². The number of carbonyl (C=O) groups is 3. The summed E-state index contributed by atoms with van der Waals surface area (Å²) in [6, 6.07) is 8.64. The zero-order chi connectivity index (χ0) is 39.7. The van der Waals surface area contributed by atoms with E-state index in [2.05, 4.69) is 69.3 Å². The molecule has 12 aliphatic rings. The van der Waals surface area contributed by atoms with Crippen molar-refractivity contribution in [2.24, 2.45) is 33.5 Å². The molecule has 3 N–H and O–H groups in total.